The molecule has 0 spiro atoms. The van der Waals surface area contributed by atoms with Gasteiger partial charge in [-0.1, -0.05) is 68.8 Å². The van der Waals surface area contributed by atoms with Crippen molar-refractivity contribution in [1.29, 1.82) is 0 Å². The molecule has 0 bridgehead atoms. The maximum absolute atomic E-state index is 13.5. The molecule has 3 saturated carbocycles. The Morgan fingerprint density at radius 2 is 0.609 bits per heavy atom. The quantitative estimate of drug-likeness (QED) is 0.00814. The van der Waals surface area contributed by atoms with E-state index >= 15 is 0 Å². The molecule has 138 heavy (non-hydrogen) atoms. The van der Waals surface area contributed by atoms with E-state index in [0.717, 1.165) is 61.0 Å². The molecule has 53 heteroatoms. The zero-order chi connectivity index (χ0) is 103. The molecule has 3 amide bonds. The maximum Gasteiger partial charge on any atom is 1.00 e. The number of nitrogens with two attached hydrogens (primary N) is 1. The van der Waals surface area contributed by atoms with Gasteiger partial charge >= 0.3 is 93.8 Å². The number of nitrogen functional groups attached to an aromatic ring is 1. The van der Waals surface area contributed by atoms with E-state index in [9.17, 15) is 114 Å². The number of methoxy groups -OCH3 is 3. The number of carboxylic acid groups (broad SMARTS) is 4. The fraction of sp³-hybridized carbons (Fsp3) is 0.247. The summed E-state index contributed by atoms with van der Waals surface area (Å²) in [6.07, 6.45) is -15.9. The second kappa shape index (κ2) is 54.5. The summed E-state index contributed by atoms with van der Waals surface area (Å²) in [6.45, 7) is 1.08. The number of alkyl halides is 16. The number of aromatic carboxylic acids is 3. The second-order valence-corrected chi connectivity index (χ2v) is 34.1. The van der Waals surface area contributed by atoms with Gasteiger partial charge in [-0.3, -0.25) is 19.2 Å². The Bertz CT molecular complexity index is 5860. The van der Waals surface area contributed by atoms with Crippen LogP contribution in [0.4, 0.5) is 88.6 Å². The van der Waals surface area contributed by atoms with Crippen LogP contribution in [0.1, 0.15) is 186 Å². The minimum Gasteiger partial charge on any atom is -0.870 e. The maximum atomic E-state index is 13.5. The number of carbonyl (C=O) groups is 10. The second-order valence-electron chi connectivity index (χ2n) is 27.5. The van der Waals surface area contributed by atoms with Crippen LogP contribution in [0.15, 0.2) is 164 Å². The molecule has 744 valence electrons. The third kappa shape index (κ3) is 40.7. The summed E-state index contributed by atoms with van der Waals surface area (Å²) in [6, 6.07) is 31.2. The molecule has 3 aliphatic carbocycles. The number of amides is 3. The Hall–Kier alpha value is -11.8. The van der Waals surface area contributed by atoms with Crippen LogP contribution in [0.3, 0.4) is 0 Å². The van der Waals surface area contributed by atoms with E-state index in [1.807, 2.05) is 0 Å². The molecule has 3 fully saturated rings. The summed E-state index contributed by atoms with van der Waals surface area (Å²) in [5.41, 5.74) is -0.660. The van der Waals surface area contributed by atoms with Gasteiger partial charge in [0, 0.05) is 72.6 Å². The van der Waals surface area contributed by atoms with Gasteiger partial charge in [0.15, 0.2) is 11.5 Å². The summed E-state index contributed by atoms with van der Waals surface area (Å²) < 4.78 is 235. The van der Waals surface area contributed by atoms with Crippen molar-refractivity contribution < 1.29 is 206 Å². The van der Waals surface area contributed by atoms with Gasteiger partial charge < -0.3 is 86.6 Å². The van der Waals surface area contributed by atoms with Crippen molar-refractivity contribution in [1.82, 2.24) is 0 Å². The molecule has 0 aromatic heterocycles. The number of benzene rings is 9. The van der Waals surface area contributed by atoms with Crippen molar-refractivity contribution in [3.63, 3.8) is 0 Å². The molecule has 13 N–H and O–H groups in total. The molecule has 3 aliphatic rings. The topological polar surface area (TPSA) is 485 Å². The van der Waals surface area contributed by atoms with Crippen molar-refractivity contribution in [2.45, 2.75) is 113 Å². The third-order valence-electron chi connectivity index (χ3n) is 17.6. The number of anilines is 4. The summed E-state index contributed by atoms with van der Waals surface area (Å²) in [4.78, 5) is 112. The van der Waals surface area contributed by atoms with Crippen molar-refractivity contribution in [3.05, 3.63) is 262 Å². The monoisotopic (exact) mass is 2160 g/mol. The summed E-state index contributed by atoms with van der Waals surface area (Å²) in [5, 5.41) is 65.9. The number of rotatable bonds is 16. The van der Waals surface area contributed by atoms with Gasteiger partial charge in [-0.15, -0.1) is 0 Å². The first-order chi connectivity index (χ1) is 62.9. The Balaban J connectivity index is 0.000000555. The molecule has 9 aromatic carbocycles. The van der Waals surface area contributed by atoms with E-state index in [1.54, 1.807) is 24.3 Å². The first-order valence-electron chi connectivity index (χ1n) is 37.7. The molecule has 0 aliphatic heterocycles. The fourth-order valence-corrected chi connectivity index (χ4v) is 11.8. The molecule has 0 unspecified atom stereocenters. The van der Waals surface area contributed by atoms with Crippen LogP contribution >= 0.6 is 83.7 Å². The van der Waals surface area contributed by atoms with Gasteiger partial charge in [-0.25, -0.2) is 28.8 Å². The van der Waals surface area contributed by atoms with Gasteiger partial charge in [0.25, 0.3) is 23.7 Å². The van der Waals surface area contributed by atoms with Crippen LogP contribution in [0, 0.1) is 0 Å². The van der Waals surface area contributed by atoms with Crippen LogP contribution in [0.2, 0.25) is 20.1 Å². The summed E-state index contributed by atoms with van der Waals surface area (Å²) in [5.74, 6) is -13.1. The minimum atomic E-state index is -4.87. The average Bonchev–Trinajstić information content (AvgIpc) is 0.772. The normalized spacial score (nSPS) is 12.5. The van der Waals surface area contributed by atoms with Crippen LogP contribution in [0.5, 0.6) is 28.7 Å². The molecular weight excluding hydrogens is 2090 g/mol. The predicted molar refractivity (Wildman–Crippen MR) is 470 cm³/mol. The number of halogens is 22. The zero-order valence-corrected chi connectivity index (χ0v) is 77.9. The Labute approximate surface area is 821 Å². The first-order valence-corrected chi connectivity index (χ1v) is 43.2. The van der Waals surface area contributed by atoms with Gasteiger partial charge in [-0.2, -0.15) is 74.3 Å². The van der Waals surface area contributed by atoms with Crippen molar-refractivity contribution >= 4 is 174 Å². The average molecular weight is 2170 g/mol. The molecule has 0 radical (unpaired) electrons. The van der Waals surface area contributed by atoms with Crippen LogP contribution in [-0.2, 0) is 58.2 Å². The van der Waals surface area contributed by atoms with E-state index in [2.05, 4.69) is 67.5 Å². The Kier molecular flexibility index (Phi) is 48.3. The van der Waals surface area contributed by atoms with Crippen molar-refractivity contribution in [2.75, 3.05) is 43.0 Å². The zero-order valence-electron chi connectivity index (χ0n) is 71.0. The van der Waals surface area contributed by atoms with Gasteiger partial charge in [0.1, 0.15) is 17.2 Å². The Morgan fingerprint density at radius 1 is 0.377 bits per heavy atom. The molecule has 12 rings (SSSR count). The smallest absolute Gasteiger partial charge is 0.870 e. The van der Waals surface area contributed by atoms with E-state index in [1.165, 1.54) is 113 Å². The standard InChI is InChI=1S/C20H17ClF3NO4.C19H15ClF3NO4.C16H11ClF3NO4.C8H4ClF3O3.C8H5F3O3.C8H9NO2.C4H7Br.C2H4O2.Cl2O2S.Li.H2O/c1-28-19(27)11-5-7-13(8-6-11)25-18(26)12-9-15(20(22,23)24)17(16(21)10-12)29-14-3-2-4-14;20-15-9-11(17(25)24-12-6-4-10(5-7-12)18(26)27)8-14(19(21,22)23)16(15)28-13-2-1-3-13;1-25-15(24)8-2-4-10(5-3-8)21-14(23)9-6-11(16(18,19)20)13(22)12(17)7-9;9-5-2-3(7(14)15)1-4(6(5)13)8(10,11)12;9-8(10,11)5-3-4(7(13)14)1-2-6(5)12;1-11-8(10)6-2-4-7(9)5-3-6;5-4-2-1-3-4;1-2(3)4;1-5(2,3)4;;/h5-10,14H,2-4H2,1H3,(H,25,26);4-9,13H,1-3H2,(H,24,25)(H,26,27);2-7,22H,1H3,(H,21,23);1-2,13H,(H,14,15);1-3,12H,(H,13,14);2-5H,9H2,1H3;4H,1-3H2;1H3,(H,3,4);;;1H2/q;;;;;;;;;+1;/p-1. The van der Waals surface area contributed by atoms with Crippen LogP contribution in [0.25, 0.3) is 0 Å². The number of carboxylic acids is 4. The molecule has 0 heterocycles. The van der Waals surface area contributed by atoms with E-state index < -0.39 is 170 Å². The Morgan fingerprint density at radius 3 is 0.855 bits per heavy atom. The number of nitrogens with one attached hydrogen (secondary N) is 3. The van der Waals surface area contributed by atoms with Crippen LogP contribution < -0.4 is 50.0 Å². The van der Waals surface area contributed by atoms with Crippen LogP contribution in [-0.4, -0.2) is 148 Å². The number of phenolic OH excluding ortho intramolecular Hbond substituents is 3. The SMILES string of the molecule is BrC1CCC1.CC(=O)O.COC(=O)c1ccc(N)cc1.COC(=O)c1ccc(NC(=O)c2cc(Cl)c(O)c(C(F)(F)F)c2)cc1.COC(=O)c1ccc(NC(=O)c2cc(Cl)c(OC3CCC3)c(C(F)(F)F)c2)cc1.O=C(O)c1cc(Cl)c(O)c(C(F)(F)F)c1.O=C(O)c1ccc(NC(=O)c2cc(Cl)c(OC3CCC3)c(C(F)(F)F)c2)cc1.O=C(O)c1ccc(O)c(C(F)(F)F)c1.O=S(=O)(Cl)Cl.[Li+].[OH-]. The number of carbonyl (C=O) groups excluding carboxylic acids is 6. The number of aromatic hydroxyl groups is 3. The van der Waals surface area contributed by atoms with E-state index in [0.29, 0.717) is 73.0 Å². The summed E-state index contributed by atoms with van der Waals surface area (Å²) >= 11 is 26.3. The number of hydrogen-bond donors (Lipinski definition) is 11. The number of esters is 3. The number of hydrogen-bond acceptors (Lipinski definition) is 22. The third-order valence-corrected chi connectivity index (χ3v) is 19.6. The fourth-order valence-electron chi connectivity index (χ4n) is 10.2. The van der Waals surface area contributed by atoms with Gasteiger partial charge in [-0.05, 0) is 215 Å². The summed E-state index contributed by atoms with van der Waals surface area (Å²) in [7, 11) is 8.61. The molecule has 0 atom stereocenters. The molecule has 0 saturated heterocycles. The van der Waals surface area contributed by atoms with Crippen molar-refractivity contribution in [3.8, 4) is 28.7 Å². The molecule has 9 aromatic rings. The van der Waals surface area contributed by atoms with Gasteiger partial charge in [0.2, 0.25) is 0 Å². The number of phenols is 3. The van der Waals surface area contributed by atoms with Gasteiger partial charge in [0.05, 0.1) is 115 Å². The molecule has 29 nitrogen and oxygen atoms in total. The largest absolute Gasteiger partial charge is 1.00 e. The molecular formula is C85H73BrCl6F15LiN4O25S. The predicted octanol–water partition coefficient (Wildman–Crippen LogP) is 20.2. The van der Waals surface area contributed by atoms with Crippen molar-refractivity contribution in [2.24, 2.45) is 0 Å². The van der Waals surface area contributed by atoms with E-state index in [4.69, 9.17) is 105 Å². The minimum absolute atomic E-state index is 0. The van der Waals surface area contributed by atoms with E-state index in [-0.39, 0.29) is 97.3 Å². The number of ether oxygens (including phenoxy) is 5. The number of aliphatic carboxylic acids is 1. The first kappa shape index (κ1) is 122.